The number of anilines is 6. The number of aryl methyl sites for hydroxylation is 2. The second-order valence-electron chi connectivity index (χ2n) is 19.7. The first-order valence-electron chi connectivity index (χ1n) is 19.5. The van der Waals surface area contributed by atoms with E-state index in [-0.39, 0.29) is 28.4 Å². The molecule has 0 N–H and O–H groups in total. The average Bonchev–Trinajstić information content (AvgIpc) is 3.05. The van der Waals surface area contributed by atoms with Crippen molar-refractivity contribution in [1.82, 2.24) is 0 Å². The van der Waals surface area contributed by atoms with Crippen LogP contribution in [0.1, 0.15) is 123 Å². The smallest absolute Gasteiger partial charge is 0.252 e. The topological polar surface area (TPSA) is 6.48 Å². The number of hydrogen-bond acceptors (Lipinski definition) is 2. The van der Waals surface area contributed by atoms with Gasteiger partial charge in [0.15, 0.2) is 0 Å². The van der Waals surface area contributed by atoms with Gasteiger partial charge in [-0.2, -0.15) is 0 Å². The minimum atomic E-state index is 0.0144. The van der Waals surface area contributed by atoms with Crippen LogP contribution in [0.2, 0.25) is 0 Å². The Bertz CT molecular complexity index is 2180. The minimum absolute atomic E-state index is 0.0144. The van der Waals surface area contributed by atoms with Crippen LogP contribution in [0.3, 0.4) is 0 Å². The van der Waals surface area contributed by atoms with Gasteiger partial charge in [0.05, 0.1) is 0 Å². The van der Waals surface area contributed by atoms with Gasteiger partial charge in [-0.05, 0) is 133 Å². The van der Waals surface area contributed by atoms with Crippen molar-refractivity contribution in [3.05, 3.63) is 124 Å². The molecule has 0 aromatic heterocycles. The Labute approximate surface area is 315 Å². The summed E-state index contributed by atoms with van der Waals surface area (Å²) in [5.41, 5.74) is 20.0. The molecule has 0 aliphatic carbocycles. The third kappa shape index (κ3) is 6.19. The predicted molar refractivity (Wildman–Crippen MR) is 229 cm³/mol. The Morgan fingerprint density at radius 3 is 1.52 bits per heavy atom. The van der Waals surface area contributed by atoms with Crippen LogP contribution in [0, 0.1) is 6.92 Å². The van der Waals surface area contributed by atoms with E-state index in [0.29, 0.717) is 0 Å². The van der Waals surface area contributed by atoms with E-state index >= 15 is 0 Å². The molecule has 0 atom stereocenters. The van der Waals surface area contributed by atoms with Crippen LogP contribution in [-0.2, 0) is 28.1 Å². The molecule has 0 unspecified atom stereocenters. The summed E-state index contributed by atoms with van der Waals surface area (Å²) in [6.45, 7) is 32.6. The van der Waals surface area contributed by atoms with Crippen molar-refractivity contribution in [1.29, 1.82) is 0 Å². The third-order valence-corrected chi connectivity index (χ3v) is 11.4. The molecular formula is C49H59BN2. The van der Waals surface area contributed by atoms with Crippen LogP contribution < -0.4 is 26.2 Å². The van der Waals surface area contributed by atoms with Crippen molar-refractivity contribution in [3.63, 3.8) is 0 Å². The molecule has 7 rings (SSSR count). The highest BCUT2D eigenvalue weighted by Crippen LogP contribution is 2.46. The summed E-state index contributed by atoms with van der Waals surface area (Å²) in [6.07, 6.45) is 0.996. The van der Waals surface area contributed by atoms with Crippen LogP contribution in [0.5, 0.6) is 0 Å². The van der Waals surface area contributed by atoms with E-state index < -0.39 is 0 Å². The fourth-order valence-electron chi connectivity index (χ4n) is 8.17. The molecule has 0 radical (unpaired) electrons. The number of nitrogens with zero attached hydrogens (tertiary/aromatic N) is 2. The molecule has 5 aromatic carbocycles. The number of rotatable bonds is 3. The zero-order chi connectivity index (χ0) is 37.7. The van der Waals surface area contributed by atoms with Gasteiger partial charge < -0.3 is 9.80 Å². The molecule has 3 heteroatoms. The molecule has 268 valence electrons. The lowest BCUT2D eigenvalue weighted by molar-refractivity contribution is 0.589. The minimum Gasteiger partial charge on any atom is -0.311 e. The van der Waals surface area contributed by atoms with E-state index in [9.17, 15) is 0 Å². The molecule has 0 saturated carbocycles. The van der Waals surface area contributed by atoms with Gasteiger partial charge in [-0.25, -0.2) is 0 Å². The van der Waals surface area contributed by atoms with Gasteiger partial charge in [-0.1, -0.05) is 132 Å². The summed E-state index contributed by atoms with van der Waals surface area (Å²) in [5.74, 6) is 0. The van der Waals surface area contributed by atoms with E-state index in [2.05, 4.69) is 198 Å². The second-order valence-corrected chi connectivity index (χ2v) is 19.7. The van der Waals surface area contributed by atoms with E-state index in [1.54, 1.807) is 0 Å². The van der Waals surface area contributed by atoms with E-state index in [1.165, 1.54) is 83.9 Å². The van der Waals surface area contributed by atoms with Gasteiger partial charge in [0, 0.05) is 34.1 Å². The van der Waals surface area contributed by atoms with Crippen molar-refractivity contribution in [2.75, 3.05) is 9.80 Å². The summed E-state index contributed by atoms with van der Waals surface area (Å²) in [6, 6.07) is 36.1. The fourth-order valence-corrected chi connectivity index (χ4v) is 8.17. The van der Waals surface area contributed by atoms with E-state index in [0.717, 1.165) is 6.42 Å². The molecule has 0 fully saturated rings. The van der Waals surface area contributed by atoms with E-state index in [4.69, 9.17) is 0 Å². The van der Waals surface area contributed by atoms with Crippen LogP contribution in [0.4, 0.5) is 34.1 Å². The average molecular weight is 687 g/mol. The first-order valence-corrected chi connectivity index (χ1v) is 19.5. The van der Waals surface area contributed by atoms with Crippen LogP contribution in [-0.4, -0.2) is 6.71 Å². The Morgan fingerprint density at radius 1 is 0.442 bits per heavy atom. The predicted octanol–water partition coefficient (Wildman–Crippen LogP) is 11.8. The SMILES string of the molecule is CCc1cc(N2c3cc(C(C)(C)C)ccc3B3c4cc(C(C)(C)C)ccc4N(c4ccc(C(C)(C)C)cc4)c4cc(C)cc2c43)cc(C(C)(C)C)c1. The van der Waals surface area contributed by atoms with Gasteiger partial charge in [0.1, 0.15) is 0 Å². The zero-order valence-corrected chi connectivity index (χ0v) is 34.3. The molecule has 52 heavy (non-hydrogen) atoms. The molecular weight excluding hydrogens is 627 g/mol. The van der Waals surface area contributed by atoms with Crippen molar-refractivity contribution >= 4 is 57.2 Å². The normalized spacial score (nSPS) is 14.3. The van der Waals surface area contributed by atoms with Crippen LogP contribution in [0.25, 0.3) is 0 Å². The second kappa shape index (κ2) is 12.2. The molecule has 2 aliphatic heterocycles. The maximum Gasteiger partial charge on any atom is 0.252 e. The Hall–Kier alpha value is -4.24. The Morgan fingerprint density at radius 2 is 0.962 bits per heavy atom. The van der Waals surface area contributed by atoms with Crippen LogP contribution in [0.15, 0.2) is 91.0 Å². The molecule has 0 saturated heterocycles. The molecule has 0 bridgehead atoms. The van der Waals surface area contributed by atoms with Gasteiger partial charge in [-0.3, -0.25) is 0 Å². The number of fused-ring (bicyclic) bond motifs is 4. The Balaban J connectivity index is 1.60. The number of hydrogen-bond donors (Lipinski definition) is 0. The lowest BCUT2D eigenvalue weighted by atomic mass is 9.33. The zero-order valence-electron chi connectivity index (χ0n) is 34.3. The summed E-state index contributed by atoms with van der Waals surface area (Å²) < 4.78 is 0. The lowest BCUT2D eigenvalue weighted by Crippen LogP contribution is -2.61. The quantitative estimate of drug-likeness (QED) is 0.171. The monoisotopic (exact) mass is 686 g/mol. The molecule has 5 aromatic rings. The molecule has 2 nitrogen and oxygen atoms in total. The molecule has 2 aliphatic rings. The number of benzene rings is 5. The maximum atomic E-state index is 2.61. The summed E-state index contributed by atoms with van der Waals surface area (Å²) >= 11 is 0. The highest BCUT2D eigenvalue weighted by atomic mass is 15.2. The van der Waals surface area contributed by atoms with E-state index in [1.807, 2.05) is 0 Å². The van der Waals surface area contributed by atoms with Crippen molar-refractivity contribution < 1.29 is 0 Å². The fraction of sp³-hybridized carbons (Fsp3) is 0.388. The standard InChI is InChI=1S/C49H59BN2/c1-15-32-26-36(49(12,13)14)28-38(27-32)52-42-30-35(48(9,10)11)18-22-39(42)50-40-29-34(47(6,7)8)19-23-41(40)51(43-24-31(2)25-44(52)45(43)50)37-20-16-33(17-21-37)46(3,4)5/h16-30H,15H2,1-14H3. The lowest BCUT2D eigenvalue weighted by Gasteiger charge is -2.45. The highest BCUT2D eigenvalue weighted by Gasteiger charge is 2.44. The van der Waals surface area contributed by atoms with Gasteiger partial charge >= 0.3 is 0 Å². The van der Waals surface area contributed by atoms with Gasteiger partial charge in [-0.15, -0.1) is 0 Å². The Kier molecular flexibility index (Phi) is 8.45. The summed E-state index contributed by atoms with van der Waals surface area (Å²) in [7, 11) is 0. The van der Waals surface area contributed by atoms with Gasteiger partial charge in [0.2, 0.25) is 0 Å². The van der Waals surface area contributed by atoms with Crippen molar-refractivity contribution in [2.45, 2.75) is 125 Å². The molecule has 0 amide bonds. The highest BCUT2D eigenvalue weighted by molar-refractivity contribution is 7.00. The van der Waals surface area contributed by atoms with Crippen molar-refractivity contribution in [2.24, 2.45) is 0 Å². The molecule has 0 spiro atoms. The van der Waals surface area contributed by atoms with Gasteiger partial charge in [0.25, 0.3) is 6.71 Å². The summed E-state index contributed by atoms with van der Waals surface area (Å²) in [4.78, 5) is 5.16. The first-order chi connectivity index (χ1) is 24.2. The first kappa shape index (κ1) is 36.1. The van der Waals surface area contributed by atoms with Crippen molar-refractivity contribution in [3.8, 4) is 0 Å². The molecule has 2 heterocycles. The maximum absolute atomic E-state index is 2.61. The van der Waals surface area contributed by atoms with Crippen LogP contribution >= 0.6 is 0 Å². The third-order valence-electron chi connectivity index (χ3n) is 11.4. The largest absolute Gasteiger partial charge is 0.311 e. The summed E-state index contributed by atoms with van der Waals surface area (Å²) in [5, 5.41) is 0.